The molecule has 0 aromatic rings. The maximum absolute atomic E-state index is 6.17. The fourth-order valence-electron chi connectivity index (χ4n) is 4.35. The molecular formula is C15H28N2O. The lowest BCUT2D eigenvalue weighted by Crippen LogP contribution is -2.40. The summed E-state index contributed by atoms with van der Waals surface area (Å²) in [6.07, 6.45) is 4.23. The summed E-state index contributed by atoms with van der Waals surface area (Å²) in [5.74, 6) is 1.79. The molecule has 3 heterocycles. The molecule has 0 spiro atoms. The molecule has 0 amide bonds. The minimum absolute atomic E-state index is 0.115. The zero-order valence-corrected chi connectivity index (χ0v) is 12.1. The smallest absolute Gasteiger partial charge is 0.0710 e. The normalized spacial score (nSPS) is 43.5. The van der Waals surface area contributed by atoms with Crippen molar-refractivity contribution in [1.29, 1.82) is 0 Å². The summed E-state index contributed by atoms with van der Waals surface area (Å²) in [5, 5.41) is 3.56. The van der Waals surface area contributed by atoms with E-state index in [9.17, 15) is 0 Å². The van der Waals surface area contributed by atoms with E-state index >= 15 is 0 Å². The molecule has 3 saturated heterocycles. The van der Waals surface area contributed by atoms with Gasteiger partial charge in [-0.15, -0.1) is 0 Å². The number of likely N-dealkylation sites (tertiary alicyclic amines) is 1. The molecule has 4 unspecified atom stereocenters. The molecule has 1 N–H and O–H groups in total. The highest BCUT2D eigenvalue weighted by atomic mass is 16.5. The summed E-state index contributed by atoms with van der Waals surface area (Å²) in [6.45, 7) is 11.7. The number of hydrogen-bond acceptors (Lipinski definition) is 3. The maximum atomic E-state index is 6.17. The van der Waals surface area contributed by atoms with E-state index in [2.05, 4.69) is 31.0 Å². The first-order valence-electron chi connectivity index (χ1n) is 7.71. The molecule has 0 aliphatic carbocycles. The molecule has 0 aromatic heterocycles. The van der Waals surface area contributed by atoms with Gasteiger partial charge in [0, 0.05) is 19.1 Å². The SMILES string of the molecule is CCC1C2CNCC2CN1CC1CCC(C)(C)O1. The summed E-state index contributed by atoms with van der Waals surface area (Å²) in [4.78, 5) is 2.72. The highest BCUT2D eigenvalue weighted by Gasteiger charge is 2.44. The summed E-state index contributed by atoms with van der Waals surface area (Å²) in [7, 11) is 0. The van der Waals surface area contributed by atoms with Crippen molar-refractivity contribution >= 4 is 0 Å². The van der Waals surface area contributed by atoms with Gasteiger partial charge in [-0.3, -0.25) is 4.90 Å². The third-order valence-electron chi connectivity index (χ3n) is 5.23. The topological polar surface area (TPSA) is 24.5 Å². The number of fused-ring (bicyclic) bond motifs is 1. The highest BCUT2D eigenvalue weighted by molar-refractivity contribution is 4.99. The minimum Gasteiger partial charge on any atom is -0.371 e. The summed E-state index contributed by atoms with van der Waals surface area (Å²) < 4.78 is 6.17. The van der Waals surface area contributed by atoms with Crippen LogP contribution in [0, 0.1) is 11.8 Å². The average Bonchev–Trinajstić information content (AvgIpc) is 2.93. The van der Waals surface area contributed by atoms with E-state index in [4.69, 9.17) is 4.74 Å². The molecule has 3 nitrogen and oxygen atoms in total. The summed E-state index contributed by atoms with van der Waals surface area (Å²) >= 11 is 0. The molecule has 0 bridgehead atoms. The number of nitrogens with one attached hydrogen (secondary N) is 1. The Morgan fingerprint density at radius 3 is 2.83 bits per heavy atom. The van der Waals surface area contributed by atoms with Crippen LogP contribution >= 0.6 is 0 Å². The van der Waals surface area contributed by atoms with E-state index in [1.807, 2.05) is 0 Å². The van der Waals surface area contributed by atoms with E-state index in [1.165, 1.54) is 38.9 Å². The van der Waals surface area contributed by atoms with Crippen molar-refractivity contribution in [3.8, 4) is 0 Å². The second-order valence-electron chi connectivity index (χ2n) is 7.05. The molecule has 3 fully saturated rings. The van der Waals surface area contributed by atoms with Crippen molar-refractivity contribution in [3.63, 3.8) is 0 Å². The minimum atomic E-state index is 0.115. The van der Waals surface area contributed by atoms with Gasteiger partial charge in [0.1, 0.15) is 0 Å². The third-order valence-corrected chi connectivity index (χ3v) is 5.23. The van der Waals surface area contributed by atoms with Crippen LogP contribution in [0.5, 0.6) is 0 Å². The molecule has 0 aromatic carbocycles. The highest BCUT2D eigenvalue weighted by Crippen LogP contribution is 2.36. The Bertz CT molecular complexity index is 305. The quantitative estimate of drug-likeness (QED) is 0.830. The lowest BCUT2D eigenvalue weighted by molar-refractivity contribution is -0.0314. The van der Waals surface area contributed by atoms with Gasteiger partial charge in [-0.1, -0.05) is 6.92 Å². The van der Waals surface area contributed by atoms with Crippen molar-refractivity contribution in [2.75, 3.05) is 26.2 Å². The lowest BCUT2D eigenvalue weighted by Gasteiger charge is -2.29. The fraction of sp³-hybridized carbons (Fsp3) is 1.00. The van der Waals surface area contributed by atoms with E-state index in [0.717, 1.165) is 24.4 Å². The largest absolute Gasteiger partial charge is 0.371 e. The molecule has 104 valence electrons. The van der Waals surface area contributed by atoms with Gasteiger partial charge in [0.15, 0.2) is 0 Å². The van der Waals surface area contributed by atoms with Crippen LogP contribution < -0.4 is 5.32 Å². The van der Waals surface area contributed by atoms with Crippen LogP contribution in [0.1, 0.15) is 40.0 Å². The van der Waals surface area contributed by atoms with Gasteiger partial charge in [0.25, 0.3) is 0 Å². The van der Waals surface area contributed by atoms with Gasteiger partial charge < -0.3 is 10.1 Å². The second kappa shape index (κ2) is 4.77. The first-order valence-corrected chi connectivity index (χ1v) is 7.71. The number of rotatable bonds is 3. The van der Waals surface area contributed by atoms with Crippen molar-refractivity contribution in [3.05, 3.63) is 0 Å². The van der Waals surface area contributed by atoms with Crippen molar-refractivity contribution < 1.29 is 4.74 Å². The fourth-order valence-corrected chi connectivity index (χ4v) is 4.35. The molecule has 0 radical (unpaired) electrons. The molecule has 3 aliphatic heterocycles. The van der Waals surface area contributed by atoms with Crippen LogP contribution in [-0.2, 0) is 4.74 Å². The maximum Gasteiger partial charge on any atom is 0.0710 e. The van der Waals surface area contributed by atoms with Crippen LogP contribution in [0.3, 0.4) is 0 Å². The Hall–Kier alpha value is -0.120. The molecule has 3 aliphatic rings. The molecular weight excluding hydrogens is 224 g/mol. The zero-order chi connectivity index (χ0) is 12.8. The van der Waals surface area contributed by atoms with Gasteiger partial charge in [0.2, 0.25) is 0 Å². The molecule has 3 heteroatoms. The Morgan fingerprint density at radius 2 is 2.17 bits per heavy atom. The standard InChI is InChI=1S/C15H28N2O/c1-4-14-13-8-16-7-11(13)9-17(14)10-12-5-6-15(2,3)18-12/h11-14,16H,4-10H2,1-3H3. The first kappa shape index (κ1) is 12.9. The number of hydrogen-bond donors (Lipinski definition) is 1. The van der Waals surface area contributed by atoms with Gasteiger partial charge in [-0.2, -0.15) is 0 Å². The number of ether oxygens (including phenoxy) is 1. The lowest BCUT2D eigenvalue weighted by atomic mass is 9.93. The first-order chi connectivity index (χ1) is 8.59. The van der Waals surface area contributed by atoms with E-state index < -0.39 is 0 Å². The van der Waals surface area contributed by atoms with E-state index in [1.54, 1.807) is 0 Å². The van der Waals surface area contributed by atoms with Crippen LogP contribution in [0.25, 0.3) is 0 Å². The predicted molar refractivity (Wildman–Crippen MR) is 73.7 cm³/mol. The van der Waals surface area contributed by atoms with Gasteiger partial charge in [-0.25, -0.2) is 0 Å². The summed E-state index contributed by atoms with van der Waals surface area (Å²) in [6, 6.07) is 0.789. The van der Waals surface area contributed by atoms with Gasteiger partial charge in [0.05, 0.1) is 11.7 Å². The van der Waals surface area contributed by atoms with Gasteiger partial charge in [-0.05, 0) is 58.0 Å². The Morgan fingerprint density at radius 1 is 1.33 bits per heavy atom. The van der Waals surface area contributed by atoms with Crippen LogP contribution in [0.15, 0.2) is 0 Å². The molecule has 4 atom stereocenters. The van der Waals surface area contributed by atoms with E-state index in [-0.39, 0.29) is 5.60 Å². The van der Waals surface area contributed by atoms with Crippen LogP contribution in [0.2, 0.25) is 0 Å². The average molecular weight is 252 g/mol. The van der Waals surface area contributed by atoms with Crippen molar-refractivity contribution in [1.82, 2.24) is 10.2 Å². The van der Waals surface area contributed by atoms with Crippen molar-refractivity contribution in [2.24, 2.45) is 11.8 Å². The monoisotopic (exact) mass is 252 g/mol. The molecule has 18 heavy (non-hydrogen) atoms. The Labute approximate surface area is 111 Å². The van der Waals surface area contributed by atoms with Crippen LogP contribution in [-0.4, -0.2) is 48.8 Å². The van der Waals surface area contributed by atoms with E-state index in [0.29, 0.717) is 6.10 Å². The third kappa shape index (κ3) is 2.33. The Kier molecular flexibility index (Phi) is 3.41. The van der Waals surface area contributed by atoms with Crippen molar-refractivity contribution in [2.45, 2.75) is 57.8 Å². The second-order valence-corrected chi connectivity index (χ2v) is 7.05. The molecule has 3 rings (SSSR count). The van der Waals surface area contributed by atoms with Crippen LogP contribution in [0.4, 0.5) is 0 Å². The zero-order valence-electron chi connectivity index (χ0n) is 12.1. The Balaban J connectivity index is 1.60. The molecule has 0 saturated carbocycles. The number of nitrogens with zero attached hydrogens (tertiary/aromatic N) is 1. The van der Waals surface area contributed by atoms with Gasteiger partial charge >= 0.3 is 0 Å². The summed E-state index contributed by atoms with van der Waals surface area (Å²) in [5.41, 5.74) is 0.115. The predicted octanol–water partition coefficient (Wildman–Crippen LogP) is 1.87.